The average Bonchev–Trinajstić information content (AvgIpc) is 3.03. The number of nitrogens with zero attached hydrogens (tertiary/aromatic N) is 2. The zero-order chi connectivity index (χ0) is 15.4. The lowest BCUT2D eigenvalue weighted by Gasteiger charge is -2.04. The summed E-state index contributed by atoms with van der Waals surface area (Å²) in [6.45, 7) is 4.60. The fourth-order valence-corrected chi connectivity index (χ4v) is 2.11. The maximum atomic E-state index is 5.60. The molecule has 0 fully saturated rings. The van der Waals surface area contributed by atoms with Crippen molar-refractivity contribution in [3.8, 4) is 17.1 Å². The molecule has 3 rings (SSSR count). The molecule has 4 nitrogen and oxygen atoms in total. The first kappa shape index (κ1) is 14.3. The molecule has 1 aromatic heterocycles. The molecule has 0 amide bonds. The van der Waals surface area contributed by atoms with Crippen LogP contribution in [0.5, 0.6) is 5.75 Å². The molecule has 0 aliphatic heterocycles. The van der Waals surface area contributed by atoms with Crippen LogP contribution in [0.2, 0.25) is 0 Å². The lowest BCUT2D eigenvalue weighted by atomic mass is 10.0. The van der Waals surface area contributed by atoms with Gasteiger partial charge in [-0.15, -0.1) is 0 Å². The summed E-state index contributed by atoms with van der Waals surface area (Å²) in [5.74, 6) is 2.34. The van der Waals surface area contributed by atoms with Gasteiger partial charge in [-0.25, -0.2) is 0 Å². The number of aromatic nitrogens is 2. The summed E-state index contributed by atoms with van der Waals surface area (Å²) in [5, 5.41) is 4.01. The highest BCUT2D eigenvalue weighted by Gasteiger charge is 2.09. The molecule has 0 radical (unpaired) electrons. The largest absolute Gasteiger partial charge is 0.484 e. The van der Waals surface area contributed by atoms with Gasteiger partial charge in [-0.2, -0.15) is 4.98 Å². The SMILES string of the molecule is CC(C)c1ccc(-c2noc(COc3ccccc3)n2)cc1. The third-order valence-corrected chi connectivity index (χ3v) is 3.41. The molecular weight excluding hydrogens is 276 g/mol. The first-order valence-electron chi connectivity index (χ1n) is 7.33. The smallest absolute Gasteiger partial charge is 0.264 e. The van der Waals surface area contributed by atoms with Crippen LogP contribution in [-0.4, -0.2) is 10.1 Å². The van der Waals surface area contributed by atoms with Crippen LogP contribution in [0.25, 0.3) is 11.4 Å². The number of hydrogen-bond donors (Lipinski definition) is 0. The van der Waals surface area contributed by atoms with E-state index in [1.165, 1.54) is 5.56 Å². The molecule has 1 heterocycles. The predicted molar refractivity (Wildman–Crippen MR) is 84.6 cm³/mol. The maximum absolute atomic E-state index is 5.60. The molecule has 0 aliphatic rings. The Balaban J connectivity index is 1.68. The number of benzene rings is 2. The Bertz CT molecular complexity index is 718. The first-order valence-corrected chi connectivity index (χ1v) is 7.33. The molecule has 0 saturated carbocycles. The summed E-state index contributed by atoms with van der Waals surface area (Å²) in [5.41, 5.74) is 2.24. The van der Waals surface area contributed by atoms with Crippen LogP contribution in [-0.2, 0) is 6.61 Å². The number of ether oxygens (including phenoxy) is 1. The molecule has 0 aliphatic carbocycles. The maximum Gasteiger partial charge on any atom is 0.264 e. The van der Waals surface area contributed by atoms with Gasteiger partial charge in [-0.1, -0.05) is 61.5 Å². The molecule has 0 N–H and O–H groups in total. The van der Waals surface area contributed by atoms with Gasteiger partial charge in [-0.3, -0.25) is 0 Å². The van der Waals surface area contributed by atoms with Crippen LogP contribution in [0.1, 0.15) is 31.2 Å². The molecule has 0 bridgehead atoms. The van der Waals surface area contributed by atoms with Crippen LogP contribution in [0.3, 0.4) is 0 Å². The molecule has 4 heteroatoms. The summed E-state index contributed by atoms with van der Waals surface area (Å²) in [6.07, 6.45) is 0. The molecular formula is C18H18N2O2. The van der Waals surface area contributed by atoms with Crippen molar-refractivity contribution in [3.05, 3.63) is 66.1 Å². The van der Waals surface area contributed by atoms with Crippen molar-refractivity contribution in [2.45, 2.75) is 26.4 Å². The lowest BCUT2D eigenvalue weighted by Crippen LogP contribution is -1.95. The molecule has 112 valence electrons. The van der Waals surface area contributed by atoms with Gasteiger partial charge in [0.05, 0.1) is 0 Å². The van der Waals surface area contributed by atoms with Gasteiger partial charge in [0.1, 0.15) is 5.75 Å². The van der Waals surface area contributed by atoms with E-state index < -0.39 is 0 Å². The Labute approximate surface area is 129 Å². The number of rotatable bonds is 5. The third kappa shape index (κ3) is 3.34. The van der Waals surface area contributed by atoms with Gasteiger partial charge in [0, 0.05) is 5.56 Å². The van der Waals surface area contributed by atoms with Gasteiger partial charge >= 0.3 is 0 Å². The number of para-hydroxylation sites is 1. The van der Waals surface area contributed by atoms with Crippen molar-refractivity contribution in [2.24, 2.45) is 0 Å². The van der Waals surface area contributed by atoms with E-state index in [0.29, 0.717) is 17.6 Å². The van der Waals surface area contributed by atoms with E-state index in [1.807, 2.05) is 42.5 Å². The summed E-state index contributed by atoms with van der Waals surface area (Å²) >= 11 is 0. The molecule has 0 spiro atoms. The minimum atomic E-state index is 0.265. The van der Waals surface area contributed by atoms with Crippen LogP contribution >= 0.6 is 0 Å². The topological polar surface area (TPSA) is 48.2 Å². The van der Waals surface area contributed by atoms with Crippen LogP contribution in [0, 0.1) is 0 Å². The molecule has 2 aromatic carbocycles. The highest BCUT2D eigenvalue weighted by molar-refractivity contribution is 5.54. The highest BCUT2D eigenvalue weighted by Crippen LogP contribution is 2.21. The second-order valence-electron chi connectivity index (χ2n) is 5.39. The summed E-state index contributed by atoms with van der Waals surface area (Å²) in [6, 6.07) is 17.8. The second kappa shape index (κ2) is 6.43. The molecule has 22 heavy (non-hydrogen) atoms. The van der Waals surface area contributed by atoms with E-state index in [2.05, 4.69) is 36.1 Å². The van der Waals surface area contributed by atoms with Crippen molar-refractivity contribution >= 4 is 0 Å². The van der Waals surface area contributed by atoms with Crippen LogP contribution in [0.15, 0.2) is 59.1 Å². The zero-order valence-corrected chi connectivity index (χ0v) is 12.7. The Morgan fingerprint density at radius 3 is 2.41 bits per heavy atom. The Morgan fingerprint density at radius 1 is 1.00 bits per heavy atom. The summed E-state index contributed by atoms with van der Waals surface area (Å²) < 4.78 is 10.8. The van der Waals surface area contributed by atoms with Crippen LogP contribution < -0.4 is 4.74 Å². The van der Waals surface area contributed by atoms with Crippen molar-refractivity contribution in [2.75, 3.05) is 0 Å². The highest BCUT2D eigenvalue weighted by atomic mass is 16.5. The fourth-order valence-electron chi connectivity index (χ4n) is 2.11. The fraction of sp³-hybridized carbons (Fsp3) is 0.222. The second-order valence-corrected chi connectivity index (χ2v) is 5.39. The van der Waals surface area contributed by atoms with Gasteiger partial charge in [-0.05, 0) is 23.6 Å². The molecule has 0 unspecified atom stereocenters. The van der Waals surface area contributed by atoms with E-state index in [1.54, 1.807) is 0 Å². The Kier molecular flexibility index (Phi) is 4.19. The quantitative estimate of drug-likeness (QED) is 0.698. The zero-order valence-electron chi connectivity index (χ0n) is 12.7. The monoisotopic (exact) mass is 294 g/mol. The minimum Gasteiger partial charge on any atom is -0.484 e. The normalized spacial score (nSPS) is 10.9. The Morgan fingerprint density at radius 2 is 1.73 bits per heavy atom. The van der Waals surface area contributed by atoms with E-state index >= 15 is 0 Å². The predicted octanol–water partition coefficient (Wildman–Crippen LogP) is 4.44. The Hall–Kier alpha value is -2.62. The van der Waals surface area contributed by atoms with Gasteiger partial charge in [0.25, 0.3) is 5.89 Å². The van der Waals surface area contributed by atoms with Crippen molar-refractivity contribution in [1.29, 1.82) is 0 Å². The molecule has 0 saturated heterocycles. The molecule has 0 atom stereocenters. The van der Waals surface area contributed by atoms with Crippen molar-refractivity contribution in [1.82, 2.24) is 10.1 Å². The summed E-state index contributed by atoms with van der Waals surface area (Å²) in [4.78, 5) is 4.37. The standard InChI is InChI=1S/C18H18N2O2/c1-13(2)14-8-10-15(11-9-14)18-19-17(22-20-18)12-21-16-6-4-3-5-7-16/h3-11,13H,12H2,1-2H3. The lowest BCUT2D eigenvalue weighted by molar-refractivity contribution is 0.243. The van der Waals surface area contributed by atoms with Crippen molar-refractivity contribution in [3.63, 3.8) is 0 Å². The van der Waals surface area contributed by atoms with Gasteiger partial charge in [0.2, 0.25) is 5.82 Å². The summed E-state index contributed by atoms with van der Waals surface area (Å²) in [7, 11) is 0. The first-order chi connectivity index (χ1) is 10.7. The molecule has 3 aromatic rings. The van der Waals surface area contributed by atoms with Crippen LogP contribution in [0.4, 0.5) is 0 Å². The minimum absolute atomic E-state index is 0.265. The third-order valence-electron chi connectivity index (χ3n) is 3.41. The van der Waals surface area contributed by atoms with E-state index in [-0.39, 0.29) is 6.61 Å². The van der Waals surface area contributed by atoms with E-state index in [0.717, 1.165) is 11.3 Å². The average molecular weight is 294 g/mol. The van der Waals surface area contributed by atoms with Crippen molar-refractivity contribution < 1.29 is 9.26 Å². The van der Waals surface area contributed by atoms with E-state index in [9.17, 15) is 0 Å². The van der Waals surface area contributed by atoms with Gasteiger partial charge in [0.15, 0.2) is 6.61 Å². The number of hydrogen-bond acceptors (Lipinski definition) is 4. The van der Waals surface area contributed by atoms with Gasteiger partial charge < -0.3 is 9.26 Å². The van der Waals surface area contributed by atoms with E-state index in [4.69, 9.17) is 9.26 Å².